The molecule has 9 nitrogen and oxygen atoms in total. The van der Waals surface area contributed by atoms with Crippen molar-refractivity contribution in [2.75, 3.05) is 26.3 Å². The summed E-state index contributed by atoms with van der Waals surface area (Å²) < 4.78 is 10.2. The molecule has 1 atom stereocenters. The number of imide groups is 1. The van der Waals surface area contributed by atoms with Gasteiger partial charge in [0.15, 0.2) is 6.61 Å². The summed E-state index contributed by atoms with van der Waals surface area (Å²) in [7, 11) is 0. The maximum absolute atomic E-state index is 12.9. The second-order valence-electron chi connectivity index (χ2n) is 8.59. The van der Waals surface area contributed by atoms with E-state index in [1.807, 2.05) is 12.1 Å². The number of hydrogen-bond donors (Lipinski definition) is 0. The van der Waals surface area contributed by atoms with E-state index in [1.165, 1.54) is 4.90 Å². The summed E-state index contributed by atoms with van der Waals surface area (Å²) in [5.74, 6) is -2.28. The molecular weight excluding hydrogens is 452 g/mol. The van der Waals surface area contributed by atoms with Crippen molar-refractivity contribution in [1.29, 1.82) is 0 Å². The molecule has 2 aromatic carbocycles. The Labute approximate surface area is 202 Å². The molecule has 0 spiro atoms. The summed E-state index contributed by atoms with van der Waals surface area (Å²) in [5.41, 5.74) is 0.923. The van der Waals surface area contributed by atoms with Gasteiger partial charge < -0.3 is 14.4 Å². The van der Waals surface area contributed by atoms with Crippen LogP contribution in [-0.4, -0.2) is 71.8 Å². The van der Waals surface area contributed by atoms with Gasteiger partial charge in [-0.1, -0.05) is 24.3 Å². The fraction of sp³-hybridized carbons (Fsp3) is 0.423. The summed E-state index contributed by atoms with van der Waals surface area (Å²) >= 11 is 0. The van der Waals surface area contributed by atoms with Gasteiger partial charge in [-0.05, 0) is 50.1 Å². The minimum absolute atomic E-state index is 0.0580. The molecule has 0 aromatic heterocycles. The van der Waals surface area contributed by atoms with Crippen LogP contribution in [0.25, 0.3) is 10.8 Å². The lowest BCUT2D eigenvalue weighted by molar-refractivity contribution is -0.161. The first-order valence-electron chi connectivity index (χ1n) is 11.9. The van der Waals surface area contributed by atoms with Gasteiger partial charge in [-0.25, -0.2) is 4.79 Å². The van der Waals surface area contributed by atoms with Gasteiger partial charge in [0.1, 0.15) is 6.04 Å². The average Bonchev–Trinajstić information content (AvgIpc) is 2.87. The molecule has 0 radical (unpaired) electrons. The summed E-state index contributed by atoms with van der Waals surface area (Å²) in [5, 5.41) is 1.48. The van der Waals surface area contributed by atoms with Crippen LogP contribution in [0.4, 0.5) is 0 Å². The zero-order valence-electron chi connectivity index (χ0n) is 19.7. The third-order valence-corrected chi connectivity index (χ3v) is 6.36. The molecule has 2 aromatic rings. The van der Waals surface area contributed by atoms with Crippen LogP contribution in [-0.2, 0) is 23.9 Å². The number of esters is 2. The molecule has 0 N–H and O–H groups in total. The standard InChI is InChI=1S/C26H28N2O7/c1-2-34-26(33)20-12-3-4-14-27(20)21(29)16-35-22(30)13-7-15-28-24(31)18-10-5-8-17-9-6-11-19(23(17)18)25(28)32/h5-6,8-11,20H,2-4,7,12-16H2,1H3. The Balaban J connectivity index is 1.29. The van der Waals surface area contributed by atoms with E-state index in [9.17, 15) is 24.0 Å². The van der Waals surface area contributed by atoms with Crippen molar-refractivity contribution >= 4 is 40.4 Å². The first-order valence-corrected chi connectivity index (χ1v) is 11.9. The molecule has 35 heavy (non-hydrogen) atoms. The van der Waals surface area contributed by atoms with Gasteiger partial charge in [-0.15, -0.1) is 0 Å². The molecule has 1 saturated heterocycles. The maximum Gasteiger partial charge on any atom is 0.328 e. The highest BCUT2D eigenvalue weighted by Crippen LogP contribution is 2.30. The molecule has 2 aliphatic rings. The number of nitrogens with zero attached hydrogens (tertiary/aromatic N) is 2. The van der Waals surface area contributed by atoms with Crippen LogP contribution in [0.2, 0.25) is 0 Å². The smallest absolute Gasteiger partial charge is 0.328 e. The van der Waals surface area contributed by atoms with Crippen molar-refractivity contribution in [2.24, 2.45) is 0 Å². The molecule has 0 aliphatic carbocycles. The van der Waals surface area contributed by atoms with Gasteiger partial charge in [0.25, 0.3) is 17.7 Å². The Kier molecular flexibility index (Phi) is 7.43. The monoisotopic (exact) mass is 480 g/mol. The van der Waals surface area contributed by atoms with E-state index in [0.717, 1.165) is 23.1 Å². The second kappa shape index (κ2) is 10.7. The topological polar surface area (TPSA) is 110 Å². The Morgan fingerprint density at radius 1 is 0.971 bits per heavy atom. The Bertz CT molecular complexity index is 1120. The van der Waals surface area contributed by atoms with Crippen molar-refractivity contribution < 1.29 is 33.4 Å². The molecule has 3 amide bonds. The van der Waals surface area contributed by atoms with E-state index in [0.29, 0.717) is 29.5 Å². The van der Waals surface area contributed by atoms with Gasteiger partial charge in [0.05, 0.1) is 6.61 Å². The number of carbonyl (C=O) groups excluding carboxylic acids is 5. The molecule has 1 fully saturated rings. The molecule has 2 aliphatic heterocycles. The number of benzene rings is 2. The van der Waals surface area contributed by atoms with Crippen molar-refractivity contribution in [3.05, 3.63) is 47.5 Å². The number of carbonyl (C=O) groups is 5. The molecule has 0 saturated carbocycles. The fourth-order valence-corrected chi connectivity index (χ4v) is 4.68. The van der Waals surface area contributed by atoms with Crippen molar-refractivity contribution in [1.82, 2.24) is 9.80 Å². The average molecular weight is 481 g/mol. The zero-order valence-corrected chi connectivity index (χ0v) is 19.7. The SMILES string of the molecule is CCOC(=O)C1CCCCN1C(=O)COC(=O)CCCN1C(=O)c2cccc3cccc(c23)C1=O. The molecular formula is C26H28N2O7. The zero-order chi connectivity index (χ0) is 24.9. The van der Waals surface area contributed by atoms with Crippen LogP contribution in [0, 0.1) is 0 Å². The van der Waals surface area contributed by atoms with Gasteiger partial charge in [-0.3, -0.25) is 24.1 Å². The summed E-state index contributed by atoms with van der Waals surface area (Å²) in [6.45, 7) is 1.94. The van der Waals surface area contributed by atoms with Crippen LogP contribution in [0.5, 0.6) is 0 Å². The van der Waals surface area contributed by atoms with Crippen LogP contribution in [0.1, 0.15) is 59.7 Å². The largest absolute Gasteiger partial charge is 0.464 e. The van der Waals surface area contributed by atoms with E-state index in [2.05, 4.69) is 0 Å². The predicted molar refractivity (Wildman–Crippen MR) is 125 cm³/mol. The van der Waals surface area contributed by atoms with E-state index < -0.39 is 42.3 Å². The number of amides is 3. The molecule has 2 heterocycles. The lowest BCUT2D eigenvalue weighted by atomic mass is 9.94. The fourth-order valence-electron chi connectivity index (χ4n) is 4.68. The summed E-state index contributed by atoms with van der Waals surface area (Å²) in [6, 6.07) is 9.99. The first kappa shape index (κ1) is 24.4. The molecule has 0 bridgehead atoms. The van der Waals surface area contributed by atoms with Crippen LogP contribution in [0.3, 0.4) is 0 Å². The van der Waals surface area contributed by atoms with Gasteiger partial charge >= 0.3 is 11.9 Å². The quantitative estimate of drug-likeness (QED) is 0.422. The van der Waals surface area contributed by atoms with E-state index in [-0.39, 0.29) is 26.0 Å². The Hall–Kier alpha value is -3.75. The highest BCUT2D eigenvalue weighted by Gasteiger charge is 2.34. The summed E-state index contributed by atoms with van der Waals surface area (Å²) in [4.78, 5) is 65.3. The van der Waals surface area contributed by atoms with E-state index in [1.54, 1.807) is 31.2 Å². The molecule has 9 heteroatoms. The Morgan fingerprint density at radius 2 is 1.66 bits per heavy atom. The van der Waals surface area contributed by atoms with Crippen LogP contribution >= 0.6 is 0 Å². The first-order chi connectivity index (χ1) is 16.9. The minimum atomic E-state index is -0.654. The van der Waals surface area contributed by atoms with E-state index >= 15 is 0 Å². The number of ether oxygens (including phenoxy) is 2. The predicted octanol–water partition coefficient (Wildman–Crippen LogP) is 2.70. The second-order valence-corrected chi connectivity index (χ2v) is 8.59. The number of piperidine rings is 1. The third-order valence-electron chi connectivity index (χ3n) is 6.36. The third kappa shape index (κ3) is 5.03. The normalized spacial score (nSPS) is 17.5. The molecule has 1 unspecified atom stereocenters. The number of hydrogen-bond acceptors (Lipinski definition) is 7. The van der Waals surface area contributed by atoms with Gasteiger partial charge in [0, 0.05) is 36.0 Å². The molecule has 4 rings (SSSR count). The lowest BCUT2D eigenvalue weighted by Gasteiger charge is -2.33. The number of rotatable bonds is 8. The highest BCUT2D eigenvalue weighted by molar-refractivity contribution is 6.25. The van der Waals surface area contributed by atoms with Crippen molar-refractivity contribution in [3.63, 3.8) is 0 Å². The summed E-state index contributed by atoms with van der Waals surface area (Å²) in [6.07, 6.45) is 2.26. The highest BCUT2D eigenvalue weighted by atomic mass is 16.5. The Morgan fingerprint density at radius 3 is 2.31 bits per heavy atom. The lowest BCUT2D eigenvalue weighted by Crippen LogP contribution is -2.50. The van der Waals surface area contributed by atoms with Crippen molar-refractivity contribution in [2.45, 2.75) is 45.1 Å². The van der Waals surface area contributed by atoms with Crippen LogP contribution < -0.4 is 0 Å². The minimum Gasteiger partial charge on any atom is -0.464 e. The van der Waals surface area contributed by atoms with Crippen LogP contribution in [0.15, 0.2) is 36.4 Å². The molecule has 184 valence electrons. The van der Waals surface area contributed by atoms with Crippen molar-refractivity contribution in [3.8, 4) is 0 Å². The van der Waals surface area contributed by atoms with Gasteiger partial charge in [0.2, 0.25) is 0 Å². The van der Waals surface area contributed by atoms with E-state index in [4.69, 9.17) is 9.47 Å². The van der Waals surface area contributed by atoms with Gasteiger partial charge in [-0.2, -0.15) is 0 Å². The maximum atomic E-state index is 12.9. The number of likely N-dealkylation sites (tertiary alicyclic amines) is 1.